The SMILES string of the molecule is CC(c1nc2ccccc2s1)N1CCN(C(=O)C2CCCN(C(=O)Nc3ccccc3)C2)CC1. The van der Waals surface area contributed by atoms with Crippen molar-refractivity contribution in [3.05, 3.63) is 59.6 Å². The molecule has 3 heterocycles. The zero-order valence-electron chi connectivity index (χ0n) is 19.5. The number of piperazine rings is 1. The molecule has 2 aromatic carbocycles. The molecule has 7 nitrogen and oxygen atoms in total. The molecule has 1 aromatic heterocycles. The van der Waals surface area contributed by atoms with Gasteiger partial charge in [-0.05, 0) is 44.0 Å². The number of thiazole rings is 1. The van der Waals surface area contributed by atoms with Crippen LogP contribution < -0.4 is 5.32 Å². The third kappa shape index (κ3) is 4.93. The van der Waals surface area contributed by atoms with E-state index in [1.54, 1.807) is 16.2 Å². The summed E-state index contributed by atoms with van der Waals surface area (Å²) in [6.45, 7) is 6.51. The van der Waals surface area contributed by atoms with E-state index in [2.05, 4.69) is 35.3 Å². The lowest BCUT2D eigenvalue weighted by molar-refractivity contribution is -0.139. The molecule has 0 radical (unpaired) electrons. The highest BCUT2D eigenvalue weighted by atomic mass is 32.1. The highest BCUT2D eigenvalue weighted by Crippen LogP contribution is 2.30. The molecule has 2 unspecified atom stereocenters. The molecule has 2 fully saturated rings. The van der Waals surface area contributed by atoms with Gasteiger partial charge in [0.15, 0.2) is 0 Å². The number of hydrogen-bond donors (Lipinski definition) is 1. The molecule has 2 aliphatic heterocycles. The highest BCUT2D eigenvalue weighted by Gasteiger charge is 2.33. The number of carbonyl (C=O) groups is 2. The number of fused-ring (bicyclic) bond motifs is 1. The number of piperidine rings is 1. The van der Waals surface area contributed by atoms with E-state index in [-0.39, 0.29) is 23.9 Å². The van der Waals surface area contributed by atoms with Gasteiger partial charge in [0.05, 0.1) is 22.2 Å². The first-order valence-corrected chi connectivity index (χ1v) is 12.9. The first-order chi connectivity index (χ1) is 16.6. The lowest BCUT2D eigenvalue weighted by Gasteiger charge is -2.40. The lowest BCUT2D eigenvalue weighted by atomic mass is 9.96. The second-order valence-corrected chi connectivity index (χ2v) is 10.2. The Hall–Kier alpha value is -2.97. The lowest BCUT2D eigenvalue weighted by Crippen LogP contribution is -2.53. The van der Waals surface area contributed by atoms with E-state index in [0.717, 1.165) is 55.2 Å². The van der Waals surface area contributed by atoms with Gasteiger partial charge >= 0.3 is 6.03 Å². The highest BCUT2D eigenvalue weighted by molar-refractivity contribution is 7.18. The van der Waals surface area contributed by atoms with Crippen molar-refractivity contribution in [1.82, 2.24) is 19.7 Å². The number of amides is 3. The molecule has 2 saturated heterocycles. The molecule has 0 spiro atoms. The molecule has 178 valence electrons. The van der Waals surface area contributed by atoms with Crippen LogP contribution >= 0.6 is 11.3 Å². The molecular formula is C26H31N5O2S. The smallest absolute Gasteiger partial charge is 0.321 e. The maximum Gasteiger partial charge on any atom is 0.321 e. The van der Waals surface area contributed by atoms with Crippen molar-refractivity contribution in [2.24, 2.45) is 5.92 Å². The fourth-order valence-corrected chi connectivity index (χ4v) is 5.95. The molecular weight excluding hydrogens is 446 g/mol. The number of anilines is 1. The van der Waals surface area contributed by atoms with E-state index in [1.165, 1.54) is 4.70 Å². The predicted octanol–water partition coefficient (Wildman–Crippen LogP) is 4.45. The van der Waals surface area contributed by atoms with Crippen LogP contribution in [0.4, 0.5) is 10.5 Å². The summed E-state index contributed by atoms with van der Waals surface area (Å²) in [5, 5.41) is 4.08. The molecule has 3 amide bonds. The molecule has 5 rings (SSSR count). The fraction of sp³-hybridized carbons (Fsp3) is 0.423. The maximum atomic E-state index is 13.3. The van der Waals surface area contributed by atoms with Gasteiger partial charge in [-0.25, -0.2) is 9.78 Å². The Balaban J connectivity index is 1.14. The van der Waals surface area contributed by atoms with Crippen molar-refractivity contribution in [2.45, 2.75) is 25.8 Å². The average molecular weight is 478 g/mol. The molecule has 0 bridgehead atoms. The van der Waals surface area contributed by atoms with Gasteiger partial charge in [-0.2, -0.15) is 0 Å². The largest absolute Gasteiger partial charge is 0.340 e. The van der Waals surface area contributed by atoms with Crippen LogP contribution in [-0.2, 0) is 4.79 Å². The Morgan fingerprint density at radius 3 is 2.47 bits per heavy atom. The number of aromatic nitrogens is 1. The molecule has 1 N–H and O–H groups in total. The molecule has 3 aromatic rings. The number of benzene rings is 2. The summed E-state index contributed by atoms with van der Waals surface area (Å²) in [5.41, 5.74) is 1.83. The third-order valence-electron chi connectivity index (χ3n) is 6.92. The van der Waals surface area contributed by atoms with Crippen molar-refractivity contribution in [1.29, 1.82) is 0 Å². The van der Waals surface area contributed by atoms with Crippen LogP contribution in [0, 0.1) is 5.92 Å². The average Bonchev–Trinajstić information content (AvgIpc) is 3.33. The second-order valence-electron chi connectivity index (χ2n) is 9.14. The Labute approximate surface area is 204 Å². The van der Waals surface area contributed by atoms with E-state index in [4.69, 9.17) is 4.98 Å². The standard InChI is InChI=1S/C26H31N5O2S/c1-19(24-28-22-11-5-6-12-23(22)34-24)29-14-16-30(17-15-29)25(32)20-8-7-13-31(18-20)26(33)27-21-9-3-2-4-10-21/h2-6,9-12,19-20H,7-8,13-18H2,1H3,(H,27,33). The number of likely N-dealkylation sites (tertiary alicyclic amines) is 1. The van der Waals surface area contributed by atoms with Gasteiger partial charge in [-0.15, -0.1) is 11.3 Å². The van der Waals surface area contributed by atoms with Gasteiger partial charge < -0.3 is 15.1 Å². The Morgan fingerprint density at radius 2 is 1.71 bits per heavy atom. The van der Waals surface area contributed by atoms with E-state index in [0.29, 0.717) is 13.1 Å². The summed E-state index contributed by atoms with van der Waals surface area (Å²) < 4.78 is 1.22. The minimum Gasteiger partial charge on any atom is -0.340 e. The zero-order chi connectivity index (χ0) is 23.5. The molecule has 34 heavy (non-hydrogen) atoms. The second kappa shape index (κ2) is 10.1. The number of hydrogen-bond acceptors (Lipinski definition) is 5. The van der Waals surface area contributed by atoms with Gasteiger partial charge in [0.2, 0.25) is 5.91 Å². The summed E-state index contributed by atoms with van der Waals surface area (Å²) in [7, 11) is 0. The number of urea groups is 1. The van der Waals surface area contributed by atoms with Crippen LogP contribution in [-0.4, -0.2) is 70.9 Å². The minimum absolute atomic E-state index is 0.122. The van der Waals surface area contributed by atoms with Gasteiger partial charge in [-0.1, -0.05) is 30.3 Å². The third-order valence-corrected chi connectivity index (χ3v) is 8.13. The predicted molar refractivity (Wildman–Crippen MR) is 136 cm³/mol. The molecule has 2 aliphatic rings. The summed E-state index contributed by atoms with van der Waals surface area (Å²) in [5.74, 6) is 0.0630. The van der Waals surface area contributed by atoms with Crippen LogP contribution in [0.2, 0.25) is 0 Å². The van der Waals surface area contributed by atoms with Crippen molar-refractivity contribution in [3.63, 3.8) is 0 Å². The van der Waals surface area contributed by atoms with Crippen molar-refractivity contribution >= 4 is 39.2 Å². The van der Waals surface area contributed by atoms with E-state index in [9.17, 15) is 9.59 Å². The van der Waals surface area contributed by atoms with E-state index < -0.39 is 0 Å². The van der Waals surface area contributed by atoms with Crippen molar-refractivity contribution < 1.29 is 9.59 Å². The fourth-order valence-electron chi connectivity index (χ4n) is 4.90. The number of carbonyl (C=O) groups excluding carboxylic acids is 2. The van der Waals surface area contributed by atoms with Crippen LogP contribution in [0.15, 0.2) is 54.6 Å². The summed E-state index contributed by atoms with van der Waals surface area (Å²) >= 11 is 1.76. The van der Waals surface area contributed by atoms with Crippen LogP contribution in [0.25, 0.3) is 10.2 Å². The normalized spacial score (nSPS) is 20.3. The Kier molecular flexibility index (Phi) is 6.78. The van der Waals surface area contributed by atoms with Gasteiger partial charge in [0.1, 0.15) is 5.01 Å². The van der Waals surface area contributed by atoms with Gasteiger partial charge in [-0.3, -0.25) is 9.69 Å². The number of para-hydroxylation sites is 2. The van der Waals surface area contributed by atoms with Crippen LogP contribution in [0.5, 0.6) is 0 Å². The maximum absolute atomic E-state index is 13.3. The number of nitrogens with one attached hydrogen (secondary N) is 1. The van der Waals surface area contributed by atoms with E-state index >= 15 is 0 Å². The first-order valence-electron chi connectivity index (χ1n) is 12.1. The zero-order valence-corrected chi connectivity index (χ0v) is 20.3. The number of rotatable bonds is 4. The summed E-state index contributed by atoms with van der Waals surface area (Å²) in [6.07, 6.45) is 1.70. The molecule has 2 atom stereocenters. The van der Waals surface area contributed by atoms with Crippen molar-refractivity contribution in [2.75, 3.05) is 44.6 Å². The van der Waals surface area contributed by atoms with E-state index in [1.807, 2.05) is 41.3 Å². The topological polar surface area (TPSA) is 68.8 Å². The Morgan fingerprint density at radius 1 is 0.971 bits per heavy atom. The van der Waals surface area contributed by atoms with Crippen molar-refractivity contribution in [3.8, 4) is 0 Å². The minimum atomic E-state index is -0.127. The number of nitrogens with zero attached hydrogens (tertiary/aromatic N) is 4. The van der Waals surface area contributed by atoms with Crippen LogP contribution in [0.1, 0.15) is 30.8 Å². The summed E-state index contributed by atoms with van der Waals surface area (Å²) in [6, 6.07) is 17.8. The van der Waals surface area contributed by atoms with Gasteiger partial charge in [0, 0.05) is 45.0 Å². The monoisotopic (exact) mass is 477 g/mol. The van der Waals surface area contributed by atoms with Gasteiger partial charge in [0.25, 0.3) is 0 Å². The van der Waals surface area contributed by atoms with Crippen LogP contribution in [0.3, 0.4) is 0 Å². The molecule has 0 aliphatic carbocycles. The summed E-state index contributed by atoms with van der Waals surface area (Å²) in [4.78, 5) is 37.0. The molecule has 0 saturated carbocycles. The first kappa shape index (κ1) is 22.8. The Bertz CT molecular complexity index is 1110. The quantitative estimate of drug-likeness (QED) is 0.603. The molecule has 8 heteroatoms.